The van der Waals surface area contributed by atoms with Crippen molar-refractivity contribution in [2.45, 2.75) is 32.2 Å². The number of ether oxygens (including phenoxy) is 1. The highest BCUT2D eigenvalue weighted by molar-refractivity contribution is 5.94. The van der Waals surface area contributed by atoms with Crippen molar-refractivity contribution < 1.29 is 9.53 Å². The first-order chi connectivity index (χ1) is 12.2. The van der Waals surface area contributed by atoms with Gasteiger partial charge in [0.05, 0.1) is 18.7 Å². The summed E-state index contributed by atoms with van der Waals surface area (Å²) in [5.41, 5.74) is 1.85. The highest BCUT2D eigenvalue weighted by Crippen LogP contribution is 2.36. The van der Waals surface area contributed by atoms with Crippen LogP contribution in [0.1, 0.15) is 48.1 Å². The summed E-state index contributed by atoms with van der Waals surface area (Å²) in [7, 11) is 1.69. The number of anilines is 1. The van der Waals surface area contributed by atoms with Crippen molar-refractivity contribution >= 4 is 11.7 Å². The average Bonchev–Trinajstić information content (AvgIpc) is 3.16. The highest BCUT2D eigenvalue weighted by Gasteiger charge is 2.27. The molecular formula is C20H25N3O2. The molecule has 5 heteroatoms. The van der Waals surface area contributed by atoms with Gasteiger partial charge in [0.25, 0.3) is 5.91 Å². The van der Waals surface area contributed by atoms with E-state index in [9.17, 15) is 4.79 Å². The van der Waals surface area contributed by atoms with Crippen LogP contribution in [-0.4, -0.2) is 31.1 Å². The van der Waals surface area contributed by atoms with Crippen LogP contribution in [-0.2, 0) is 0 Å². The Morgan fingerprint density at radius 2 is 2.24 bits per heavy atom. The Balaban J connectivity index is 1.77. The van der Waals surface area contributed by atoms with E-state index in [2.05, 4.69) is 27.3 Å². The number of nitrogens with one attached hydrogen (secondary N) is 1. The number of benzene rings is 1. The molecule has 1 amide bonds. The SMILES string of the molecule is CCCNC(=O)c1ccc(N2CCCC2c2cccc(OC)c2)nc1. The largest absolute Gasteiger partial charge is 0.497 e. The molecule has 1 saturated heterocycles. The fourth-order valence-electron chi connectivity index (χ4n) is 3.27. The zero-order valence-corrected chi connectivity index (χ0v) is 14.9. The van der Waals surface area contributed by atoms with Crippen LogP contribution >= 0.6 is 0 Å². The molecule has 132 valence electrons. The van der Waals surface area contributed by atoms with Gasteiger partial charge >= 0.3 is 0 Å². The number of aromatic nitrogens is 1. The van der Waals surface area contributed by atoms with Gasteiger partial charge in [-0.2, -0.15) is 0 Å². The molecule has 1 unspecified atom stereocenters. The molecule has 1 aromatic carbocycles. The van der Waals surface area contributed by atoms with Gasteiger partial charge in [0, 0.05) is 19.3 Å². The molecule has 5 nitrogen and oxygen atoms in total. The van der Waals surface area contributed by atoms with E-state index in [1.807, 2.05) is 31.2 Å². The maximum Gasteiger partial charge on any atom is 0.252 e. The van der Waals surface area contributed by atoms with Gasteiger partial charge in [0.15, 0.2) is 0 Å². The molecule has 0 spiro atoms. The van der Waals surface area contributed by atoms with E-state index in [0.717, 1.165) is 37.4 Å². The van der Waals surface area contributed by atoms with E-state index < -0.39 is 0 Å². The van der Waals surface area contributed by atoms with Gasteiger partial charge in [-0.05, 0) is 49.1 Å². The fourth-order valence-corrected chi connectivity index (χ4v) is 3.27. The first kappa shape index (κ1) is 17.3. The lowest BCUT2D eigenvalue weighted by atomic mass is 10.0. The number of pyridine rings is 1. The summed E-state index contributed by atoms with van der Waals surface area (Å²) in [6, 6.07) is 12.3. The van der Waals surface area contributed by atoms with Gasteiger partial charge in [-0.1, -0.05) is 19.1 Å². The number of carbonyl (C=O) groups is 1. The van der Waals surface area contributed by atoms with Crippen molar-refractivity contribution in [2.75, 3.05) is 25.1 Å². The molecule has 3 rings (SSSR count). The number of nitrogens with zero attached hydrogens (tertiary/aromatic N) is 2. The zero-order chi connectivity index (χ0) is 17.6. The monoisotopic (exact) mass is 339 g/mol. The molecule has 1 atom stereocenters. The molecule has 0 bridgehead atoms. The second-order valence-electron chi connectivity index (χ2n) is 6.29. The number of carbonyl (C=O) groups excluding carboxylic acids is 1. The minimum Gasteiger partial charge on any atom is -0.497 e. The molecule has 25 heavy (non-hydrogen) atoms. The summed E-state index contributed by atoms with van der Waals surface area (Å²) in [4.78, 5) is 18.9. The van der Waals surface area contributed by atoms with Crippen molar-refractivity contribution in [1.82, 2.24) is 10.3 Å². The third-order valence-electron chi connectivity index (χ3n) is 4.57. The first-order valence-electron chi connectivity index (χ1n) is 8.87. The van der Waals surface area contributed by atoms with Gasteiger partial charge in [0.2, 0.25) is 0 Å². The van der Waals surface area contributed by atoms with E-state index in [-0.39, 0.29) is 5.91 Å². The predicted octanol–water partition coefficient (Wildman–Crippen LogP) is 3.57. The number of hydrogen-bond donors (Lipinski definition) is 1. The van der Waals surface area contributed by atoms with E-state index in [1.54, 1.807) is 13.3 Å². The molecule has 1 fully saturated rings. The highest BCUT2D eigenvalue weighted by atomic mass is 16.5. The lowest BCUT2D eigenvalue weighted by molar-refractivity contribution is 0.0953. The van der Waals surface area contributed by atoms with Gasteiger partial charge in [0.1, 0.15) is 11.6 Å². The summed E-state index contributed by atoms with van der Waals surface area (Å²) in [5.74, 6) is 1.73. The van der Waals surface area contributed by atoms with E-state index in [1.165, 1.54) is 5.56 Å². The van der Waals surface area contributed by atoms with Gasteiger partial charge < -0.3 is 15.0 Å². The zero-order valence-electron chi connectivity index (χ0n) is 14.9. The maximum atomic E-state index is 12.0. The van der Waals surface area contributed by atoms with Crippen molar-refractivity contribution in [1.29, 1.82) is 0 Å². The van der Waals surface area contributed by atoms with Crippen LogP contribution in [0.2, 0.25) is 0 Å². The number of amides is 1. The minimum absolute atomic E-state index is 0.0633. The van der Waals surface area contributed by atoms with E-state index in [4.69, 9.17) is 4.74 Å². The Morgan fingerprint density at radius 3 is 2.96 bits per heavy atom. The summed E-state index contributed by atoms with van der Waals surface area (Å²) >= 11 is 0. The van der Waals surface area contributed by atoms with Gasteiger partial charge in [-0.3, -0.25) is 4.79 Å². The second-order valence-corrected chi connectivity index (χ2v) is 6.29. The standard InChI is InChI=1S/C20H25N3O2/c1-3-11-21-20(24)16-9-10-19(22-14-16)23-12-5-8-18(23)15-6-4-7-17(13-15)25-2/h4,6-7,9-10,13-14,18H,3,5,8,11-12H2,1-2H3,(H,21,24). The van der Waals surface area contributed by atoms with Crippen molar-refractivity contribution in [2.24, 2.45) is 0 Å². The summed E-state index contributed by atoms with van der Waals surface area (Å²) in [6.07, 6.45) is 4.81. The summed E-state index contributed by atoms with van der Waals surface area (Å²) < 4.78 is 5.35. The molecule has 0 aliphatic carbocycles. The molecule has 2 heterocycles. The molecule has 0 saturated carbocycles. The van der Waals surface area contributed by atoms with Crippen LogP contribution in [0.5, 0.6) is 5.75 Å². The Hall–Kier alpha value is -2.56. The van der Waals surface area contributed by atoms with Crippen molar-refractivity contribution in [3.63, 3.8) is 0 Å². The average molecular weight is 339 g/mol. The Labute approximate surface area is 149 Å². The van der Waals surface area contributed by atoms with E-state index in [0.29, 0.717) is 18.2 Å². The molecule has 1 N–H and O–H groups in total. The van der Waals surface area contributed by atoms with Crippen LogP contribution in [0, 0.1) is 0 Å². The maximum absolute atomic E-state index is 12.0. The number of rotatable bonds is 6. The lowest BCUT2D eigenvalue weighted by Crippen LogP contribution is -2.25. The van der Waals surface area contributed by atoms with Crippen LogP contribution < -0.4 is 15.0 Å². The van der Waals surface area contributed by atoms with Crippen LogP contribution in [0.4, 0.5) is 5.82 Å². The van der Waals surface area contributed by atoms with Crippen molar-refractivity contribution in [3.8, 4) is 5.75 Å². The third-order valence-corrected chi connectivity index (χ3v) is 4.57. The normalized spacial score (nSPS) is 16.7. The fraction of sp³-hybridized carbons (Fsp3) is 0.400. The summed E-state index contributed by atoms with van der Waals surface area (Å²) in [6.45, 7) is 3.69. The third kappa shape index (κ3) is 3.92. The van der Waals surface area contributed by atoms with E-state index >= 15 is 0 Å². The Morgan fingerprint density at radius 1 is 1.36 bits per heavy atom. The molecular weight excluding hydrogens is 314 g/mol. The molecule has 1 aliphatic rings. The topological polar surface area (TPSA) is 54.5 Å². The molecule has 0 radical (unpaired) electrons. The Kier molecular flexibility index (Phi) is 5.53. The predicted molar refractivity (Wildman–Crippen MR) is 99.2 cm³/mol. The molecule has 2 aromatic rings. The number of hydrogen-bond acceptors (Lipinski definition) is 4. The van der Waals surface area contributed by atoms with Gasteiger partial charge in [-0.15, -0.1) is 0 Å². The Bertz CT molecular complexity index is 715. The number of methoxy groups -OCH3 is 1. The van der Waals surface area contributed by atoms with Crippen LogP contribution in [0.15, 0.2) is 42.6 Å². The van der Waals surface area contributed by atoms with Crippen LogP contribution in [0.25, 0.3) is 0 Å². The molecule has 1 aromatic heterocycles. The smallest absolute Gasteiger partial charge is 0.252 e. The molecule has 1 aliphatic heterocycles. The van der Waals surface area contributed by atoms with Crippen LogP contribution in [0.3, 0.4) is 0 Å². The minimum atomic E-state index is -0.0633. The quantitative estimate of drug-likeness (QED) is 0.874. The van der Waals surface area contributed by atoms with Gasteiger partial charge in [-0.25, -0.2) is 4.98 Å². The van der Waals surface area contributed by atoms with Crippen molar-refractivity contribution in [3.05, 3.63) is 53.7 Å². The summed E-state index contributed by atoms with van der Waals surface area (Å²) in [5, 5.41) is 2.88. The first-order valence-corrected chi connectivity index (χ1v) is 8.87. The lowest BCUT2D eigenvalue weighted by Gasteiger charge is -2.26. The second kappa shape index (κ2) is 8.01.